The van der Waals surface area contributed by atoms with Crippen LogP contribution in [0.3, 0.4) is 0 Å². The Morgan fingerprint density at radius 1 is 1.50 bits per heavy atom. The third-order valence-electron chi connectivity index (χ3n) is 0.710. The van der Waals surface area contributed by atoms with Crippen molar-refractivity contribution in [3.8, 4) is 0 Å². The Labute approximate surface area is 48.1 Å². The van der Waals surface area contributed by atoms with Crippen molar-refractivity contribution in [2.75, 3.05) is 6.61 Å². The zero-order valence-corrected chi connectivity index (χ0v) is 4.66. The van der Waals surface area contributed by atoms with Gasteiger partial charge in [0.15, 0.2) is 0 Å². The molecule has 3 nitrogen and oxygen atoms in total. The molecule has 0 unspecified atom stereocenters. The highest BCUT2D eigenvalue weighted by atomic mass is 16.5. The zero-order valence-electron chi connectivity index (χ0n) is 4.66. The van der Waals surface area contributed by atoms with Crippen molar-refractivity contribution < 1.29 is 4.74 Å². The standard InChI is InChI=1S/C5H7N2O/c1-2-8-5-6-3-4-7-5/h3-4H,2H2,1H3. The van der Waals surface area contributed by atoms with Crippen LogP contribution in [0.1, 0.15) is 6.92 Å². The van der Waals surface area contributed by atoms with Gasteiger partial charge in [0.05, 0.1) is 0 Å². The third kappa shape index (κ3) is 1.13. The second-order valence-electron chi connectivity index (χ2n) is 1.27. The van der Waals surface area contributed by atoms with Gasteiger partial charge in [-0.25, -0.2) is 9.98 Å². The van der Waals surface area contributed by atoms with Gasteiger partial charge in [0.2, 0.25) is 0 Å². The molecule has 0 bridgehead atoms. The lowest BCUT2D eigenvalue weighted by Crippen LogP contribution is -1.92. The van der Waals surface area contributed by atoms with Crippen LogP contribution >= 0.6 is 0 Å². The molecule has 0 saturated carbocycles. The van der Waals surface area contributed by atoms with E-state index in [-0.39, 0.29) is 0 Å². The summed E-state index contributed by atoms with van der Waals surface area (Å²) in [5.74, 6) is 0. The number of rotatable bonds is 2. The van der Waals surface area contributed by atoms with Gasteiger partial charge in [0.1, 0.15) is 0 Å². The molecule has 1 radical (unpaired) electrons. The highest BCUT2D eigenvalue weighted by Crippen LogP contribution is 2.06. The van der Waals surface area contributed by atoms with Crippen LogP contribution in [0.4, 0.5) is 0 Å². The molecule has 43 valence electrons. The maximum absolute atomic E-state index is 4.92. The number of ether oxygens (including phenoxy) is 1. The summed E-state index contributed by atoms with van der Waals surface area (Å²) in [6.07, 6.45) is 3.67. The fourth-order valence-corrected chi connectivity index (χ4v) is 0.431. The predicted molar refractivity (Wildman–Crippen MR) is 31.9 cm³/mol. The van der Waals surface area contributed by atoms with Gasteiger partial charge < -0.3 is 4.74 Å². The largest absolute Gasteiger partial charge is 0.332 e. The molecule has 3 heteroatoms. The van der Waals surface area contributed by atoms with Gasteiger partial charge in [0, 0.05) is 19.0 Å². The number of hydrogen-bond acceptors (Lipinski definition) is 3. The van der Waals surface area contributed by atoms with Crippen molar-refractivity contribution in [1.29, 1.82) is 0 Å². The molecule has 1 aliphatic rings. The molecule has 1 rings (SSSR count). The van der Waals surface area contributed by atoms with E-state index in [1.54, 1.807) is 12.4 Å². The van der Waals surface area contributed by atoms with E-state index in [0.717, 1.165) is 0 Å². The zero-order chi connectivity index (χ0) is 5.82. The lowest BCUT2D eigenvalue weighted by atomic mass is 10.8. The van der Waals surface area contributed by atoms with E-state index in [0.29, 0.717) is 13.0 Å². The monoisotopic (exact) mass is 111 g/mol. The van der Waals surface area contributed by atoms with Gasteiger partial charge in [0.25, 0.3) is 0 Å². The van der Waals surface area contributed by atoms with Crippen LogP contribution in [0.2, 0.25) is 0 Å². The smallest absolute Gasteiger partial charge is 0.330 e. The molecule has 0 atom stereocenters. The molecule has 0 saturated heterocycles. The molecule has 0 N–H and O–H groups in total. The molecular weight excluding hydrogens is 104 g/mol. The molecule has 0 aromatic rings. The van der Waals surface area contributed by atoms with E-state index in [9.17, 15) is 0 Å². The van der Waals surface area contributed by atoms with Crippen molar-refractivity contribution in [1.82, 2.24) is 0 Å². The number of nitrogens with zero attached hydrogens (tertiary/aromatic N) is 2. The highest BCUT2D eigenvalue weighted by molar-refractivity contribution is 6.17. The Bertz CT molecular complexity index is 108. The Morgan fingerprint density at radius 2 is 2.12 bits per heavy atom. The second kappa shape index (κ2) is 2.57. The third-order valence-corrected chi connectivity index (χ3v) is 0.710. The fraction of sp³-hybridized carbons (Fsp3) is 0.400. The molecule has 8 heavy (non-hydrogen) atoms. The summed E-state index contributed by atoms with van der Waals surface area (Å²) in [6.45, 7) is 2.53. The maximum Gasteiger partial charge on any atom is 0.332 e. The predicted octanol–water partition coefficient (Wildman–Crippen LogP) is 0.625. The molecule has 0 spiro atoms. The summed E-state index contributed by atoms with van der Waals surface area (Å²) >= 11 is 0. The van der Waals surface area contributed by atoms with Crippen LogP contribution in [0.15, 0.2) is 9.98 Å². The minimum atomic E-state index is 0.465. The van der Waals surface area contributed by atoms with Crippen molar-refractivity contribution >= 4 is 12.4 Å². The molecule has 1 heterocycles. The van der Waals surface area contributed by atoms with Gasteiger partial charge in [-0.3, -0.25) is 0 Å². The molecule has 0 aromatic heterocycles. The lowest BCUT2D eigenvalue weighted by Gasteiger charge is -1.97. The fourth-order valence-electron chi connectivity index (χ4n) is 0.431. The molecule has 1 aliphatic heterocycles. The Hall–Kier alpha value is -0.700. The van der Waals surface area contributed by atoms with Gasteiger partial charge in [-0.15, -0.1) is 0 Å². The number of hydrogen-bond donors (Lipinski definition) is 0. The van der Waals surface area contributed by atoms with Crippen LogP contribution in [0.5, 0.6) is 0 Å². The Kier molecular flexibility index (Phi) is 1.75. The quantitative estimate of drug-likeness (QED) is 0.514. The van der Waals surface area contributed by atoms with Crippen molar-refractivity contribution in [2.45, 2.75) is 6.92 Å². The first-order valence-corrected chi connectivity index (χ1v) is 2.50. The summed E-state index contributed by atoms with van der Waals surface area (Å²) in [4.78, 5) is 7.55. The first-order chi connectivity index (χ1) is 3.93. The summed E-state index contributed by atoms with van der Waals surface area (Å²) < 4.78 is 4.92. The Balaban J connectivity index is 2.27. The van der Waals surface area contributed by atoms with E-state index in [1.165, 1.54) is 0 Å². The summed E-state index contributed by atoms with van der Waals surface area (Å²) in [5.41, 5.74) is 0. The van der Waals surface area contributed by atoms with Crippen molar-refractivity contribution in [3.05, 3.63) is 6.35 Å². The van der Waals surface area contributed by atoms with E-state index >= 15 is 0 Å². The van der Waals surface area contributed by atoms with E-state index in [4.69, 9.17) is 4.74 Å². The average molecular weight is 111 g/mol. The van der Waals surface area contributed by atoms with Crippen LogP contribution < -0.4 is 0 Å². The first-order valence-electron chi connectivity index (χ1n) is 2.50. The van der Waals surface area contributed by atoms with Gasteiger partial charge in [-0.2, -0.15) is 0 Å². The average Bonchev–Trinajstić information content (AvgIpc) is 2.19. The molecular formula is C5H7N2O. The minimum Gasteiger partial charge on any atom is -0.330 e. The van der Waals surface area contributed by atoms with Crippen LogP contribution in [0, 0.1) is 6.35 Å². The summed E-state index contributed by atoms with van der Waals surface area (Å²) in [5, 5.41) is 0. The number of aliphatic imine (C=N–C) groups is 2. The van der Waals surface area contributed by atoms with Crippen LogP contribution in [-0.4, -0.2) is 19.0 Å². The van der Waals surface area contributed by atoms with Gasteiger partial charge in [-0.1, -0.05) is 0 Å². The highest BCUT2D eigenvalue weighted by Gasteiger charge is 2.05. The molecule has 0 aliphatic carbocycles. The molecule has 0 fully saturated rings. The van der Waals surface area contributed by atoms with Crippen molar-refractivity contribution in [3.63, 3.8) is 0 Å². The lowest BCUT2D eigenvalue weighted by molar-refractivity contribution is 0.162. The molecule has 0 aromatic carbocycles. The van der Waals surface area contributed by atoms with E-state index in [1.807, 2.05) is 6.92 Å². The SMILES string of the molecule is CCO[C]1N=CC=N1. The first kappa shape index (κ1) is 5.44. The Morgan fingerprint density at radius 3 is 2.62 bits per heavy atom. The summed E-state index contributed by atoms with van der Waals surface area (Å²) in [6, 6.07) is 0. The summed E-state index contributed by atoms with van der Waals surface area (Å²) in [7, 11) is 0. The second-order valence-corrected chi connectivity index (χ2v) is 1.27. The van der Waals surface area contributed by atoms with Crippen LogP contribution in [-0.2, 0) is 4.74 Å². The van der Waals surface area contributed by atoms with Crippen LogP contribution in [0.25, 0.3) is 0 Å². The minimum absolute atomic E-state index is 0.465. The van der Waals surface area contributed by atoms with E-state index in [2.05, 4.69) is 9.98 Å². The van der Waals surface area contributed by atoms with Crippen molar-refractivity contribution in [2.24, 2.45) is 9.98 Å². The normalized spacial score (nSPS) is 18.1. The topological polar surface area (TPSA) is 34.0 Å². The van der Waals surface area contributed by atoms with Gasteiger partial charge >= 0.3 is 6.35 Å². The van der Waals surface area contributed by atoms with E-state index < -0.39 is 0 Å². The maximum atomic E-state index is 4.92. The van der Waals surface area contributed by atoms with Gasteiger partial charge in [-0.05, 0) is 6.92 Å². The molecule has 0 amide bonds.